The average Bonchev–Trinajstić information content (AvgIpc) is 1.57. The lowest BCUT2D eigenvalue weighted by Crippen LogP contribution is -2.03. The molecule has 0 aromatic rings. The summed E-state index contributed by atoms with van der Waals surface area (Å²) in [7, 11) is 0. The van der Waals surface area contributed by atoms with Gasteiger partial charge in [-0.05, 0) is 25.8 Å². The normalized spacial score (nSPS) is 23.7. The predicted molar refractivity (Wildman–Crippen MR) is 27.3 cm³/mol. The molecule has 0 rings (SSSR count). The third-order valence-electron chi connectivity index (χ3n) is 0.414. The van der Waals surface area contributed by atoms with Gasteiger partial charge in [0, 0.05) is 5.48 Å². The van der Waals surface area contributed by atoms with Crippen LogP contribution in [0.15, 0.2) is 0 Å². The van der Waals surface area contributed by atoms with Crippen molar-refractivity contribution in [3.63, 3.8) is 0 Å². The summed E-state index contributed by atoms with van der Waals surface area (Å²) in [6.45, 7) is -3.63. The van der Waals surface area contributed by atoms with E-state index in [9.17, 15) is 0 Å². The van der Waals surface area contributed by atoms with E-state index >= 15 is 0 Å². The minimum Gasteiger partial charge on any atom is -0.330 e. The Bertz CT molecular complexity index is 88.8. The minimum atomic E-state index is -1.81. The van der Waals surface area contributed by atoms with Gasteiger partial charge >= 0.3 is 0 Å². The van der Waals surface area contributed by atoms with Crippen molar-refractivity contribution in [2.75, 3.05) is 13.0 Å². The topological polar surface area (TPSA) is 52.0 Å². The summed E-state index contributed by atoms with van der Waals surface area (Å²) >= 11 is 0. The largest absolute Gasteiger partial charge is 0.330 e. The molecule has 0 fully saturated rings. The van der Waals surface area contributed by atoms with Crippen LogP contribution in [0.1, 0.15) is 18.3 Å². The Morgan fingerprint density at radius 1 is 1.17 bits per heavy atom. The first-order valence-electron chi connectivity index (χ1n) is 3.78. The molecular weight excluding hydrogens is 76.1 g/mol. The second-order valence-electron chi connectivity index (χ2n) is 0.908. The second kappa shape index (κ2) is 4.92. The van der Waals surface area contributed by atoms with Gasteiger partial charge in [-0.3, -0.25) is 0 Å². The van der Waals surface area contributed by atoms with E-state index < -0.39 is 13.0 Å². The molecule has 0 spiro atoms. The fourth-order valence-electron chi connectivity index (χ4n) is 0.144. The number of hydrogen-bond donors (Lipinski definition) is 2. The Labute approximate surface area is 44.1 Å². The van der Waals surface area contributed by atoms with Crippen LogP contribution in [0.2, 0.25) is 0 Å². The summed E-state index contributed by atoms with van der Waals surface area (Å²) < 4.78 is 27.3. The molecule has 0 aliphatic heterocycles. The van der Waals surface area contributed by atoms with E-state index in [2.05, 4.69) is 0 Å². The van der Waals surface area contributed by atoms with E-state index in [1.807, 2.05) is 0 Å². The Hall–Kier alpha value is -0.0800. The van der Waals surface area contributed by atoms with Gasteiger partial charge in [-0.2, -0.15) is 0 Å². The van der Waals surface area contributed by atoms with Gasteiger partial charge in [-0.15, -0.1) is 0 Å². The highest BCUT2D eigenvalue weighted by Crippen LogP contribution is 1.77. The van der Waals surface area contributed by atoms with Gasteiger partial charge in [0.2, 0.25) is 0 Å². The first-order valence-corrected chi connectivity index (χ1v) is 1.78. The molecule has 0 aromatic heterocycles. The third kappa shape index (κ3) is 3.92. The zero-order valence-electron chi connectivity index (χ0n) is 7.57. The highest BCUT2D eigenvalue weighted by atomic mass is 14.5. The SMILES string of the molecule is [2H]C([2H])(N)CCC([2H])([2H])N. The van der Waals surface area contributed by atoms with Gasteiger partial charge in [0.05, 0.1) is 0 Å². The molecule has 38 valence electrons. The van der Waals surface area contributed by atoms with Crippen LogP contribution >= 0.6 is 0 Å². The summed E-state index contributed by atoms with van der Waals surface area (Å²) in [6, 6.07) is 0. The Morgan fingerprint density at radius 3 is 1.67 bits per heavy atom. The van der Waals surface area contributed by atoms with E-state index in [0.717, 1.165) is 0 Å². The Kier molecular flexibility index (Phi) is 1.48. The molecule has 0 aliphatic rings. The Balaban J connectivity index is 3.56. The molecule has 0 bridgehead atoms. The summed E-state index contributed by atoms with van der Waals surface area (Å²) in [5.41, 5.74) is 9.91. The molecule has 0 aromatic carbocycles. The van der Waals surface area contributed by atoms with Gasteiger partial charge < -0.3 is 11.5 Å². The van der Waals surface area contributed by atoms with Crippen molar-refractivity contribution < 1.29 is 5.48 Å². The van der Waals surface area contributed by atoms with E-state index in [-0.39, 0.29) is 12.8 Å². The average molecular weight is 92.2 g/mol. The van der Waals surface area contributed by atoms with Crippen molar-refractivity contribution in [1.29, 1.82) is 0 Å². The summed E-state index contributed by atoms with van der Waals surface area (Å²) in [5, 5.41) is 0. The second-order valence-corrected chi connectivity index (χ2v) is 0.908. The highest BCUT2D eigenvalue weighted by Gasteiger charge is 1.75. The molecule has 0 saturated carbocycles. The van der Waals surface area contributed by atoms with Crippen molar-refractivity contribution in [3.05, 3.63) is 0 Å². The summed E-state index contributed by atoms with van der Waals surface area (Å²) in [5.74, 6) is 0. The zero-order chi connectivity index (χ0) is 8.41. The number of rotatable bonds is 3. The van der Waals surface area contributed by atoms with Gasteiger partial charge in [-0.25, -0.2) is 0 Å². The van der Waals surface area contributed by atoms with Crippen molar-refractivity contribution in [3.8, 4) is 0 Å². The van der Waals surface area contributed by atoms with E-state index in [1.165, 1.54) is 0 Å². The number of nitrogens with two attached hydrogens (primary N) is 2. The number of hydrogen-bond acceptors (Lipinski definition) is 2. The molecular formula is C4H12N2. The van der Waals surface area contributed by atoms with Crippen LogP contribution in [0, 0.1) is 0 Å². The van der Waals surface area contributed by atoms with Gasteiger partial charge in [0.25, 0.3) is 0 Å². The fourth-order valence-corrected chi connectivity index (χ4v) is 0.144. The molecule has 4 N–H and O–H groups in total. The zero-order valence-corrected chi connectivity index (χ0v) is 3.57. The maximum atomic E-state index is 6.83. The molecule has 0 unspecified atom stereocenters. The van der Waals surface area contributed by atoms with Crippen LogP contribution in [0.3, 0.4) is 0 Å². The monoisotopic (exact) mass is 92.1 g/mol. The van der Waals surface area contributed by atoms with Crippen LogP contribution in [-0.4, -0.2) is 13.0 Å². The molecule has 0 amide bonds. The van der Waals surface area contributed by atoms with Gasteiger partial charge in [0.1, 0.15) is 0 Å². The molecule has 0 atom stereocenters. The lowest BCUT2D eigenvalue weighted by atomic mass is 10.3. The fraction of sp³-hybridized carbons (Fsp3) is 1.00. The predicted octanol–water partition coefficient (Wildman–Crippen LogP) is -0.316. The van der Waals surface area contributed by atoms with Gasteiger partial charge in [0.15, 0.2) is 0 Å². The van der Waals surface area contributed by atoms with Crippen molar-refractivity contribution in [2.45, 2.75) is 12.8 Å². The van der Waals surface area contributed by atoms with Crippen LogP contribution < -0.4 is 11.5 Å². The van der Waals surface area contributed by atoms with Crippen LogP contribution in [0.4, 0.5) is 0 Å². The van der Waals surface area contributed by atoms with E-state index in [1.54, 1.807) is 0 Å². The van der Waals surface area contributed by atoms with Crippen LogP contribution in [-0.2, 0) is 0 Å². The molecule has 6 heavy (non-hydrogen) atoms. The van der Waals surface area contributed by atoms with E-state index in [0.29, 0.717) is 0 Å². The molecule has 2 heteroatoms. The first kappa shape index (κ1) is 1.80. The maximum Gasteiger partial charge on any atom is 0.0425 e. The molecule has 0 saturated heterocycles. The van der Waals surface area contributed by atoms with Crippen LogP contribution in [0.5, 0.6) is 0 Å². The standard InChI is InChI=1S/C4H12N2/c5-3-1-2-4-6/h1-6H2/i3D2,4D2. The molecule has 0 heterocycles. The van der Waals surface area contributed by atoms with Crippen LogP contribution in [0.25, 0.3) is 0 Å². The lowest BCUT2D eigenvalue weighted by Gasteiger charge is -1.87. The molecule has 0 aliphatic carbocycles. The van der Waals surface area contributed by atoms with Crippen molar-refractivity contribution >= 4 is 0 Å². The van der Waals surface area contributed by atoms with Crippen molar-refractivity contribution in [1.82, 2.24) is 0 Å². The van der Waals surface area contributed by atoms with Gasteiger partial charge in [-0.1, -0.05) is 0 Å². The maximum absolute atomic E-state index is 6.83. The van der Waals surface area contributed by atoms with Crippen molar-refractivity contribution in [2.24, 2.45) is 11.5 Å². The third-order valence-corrected chi connectivity index (χ3v) is 0.414. The first-order chi connectivity index (χ1) is 4.21. The highest BCUT2D eigenvalue weighted by molar-refractivity contribution is 4.38. The minimum absolute atomic E-state index is 0.0590. The quantitative estimate of drug-likeness (QED) is 0.501. The summed E-state index contributed by atoms with van der Waals surface area (Å²) in [6.07, 6.45) is -0.118. The summed E-state index contributed by atoms with van der Waals surface area (Å²) in [4.78, 5) is 0. The smallest absolute Gasteiger partial charge is 0.0425 e. The lowest BCUT2D eigenvalue weighted by molar-refractivity contribution is 0.755. The Morgan fingerprint density at radius 2 is 1.50 bits per heavy atom. The molecule has 0 radical (unpaired) electrons. The van der Waals surface area contributed by atoms with E-state index in [4.69, 9.17) is 17.0 Å². The molecule has 2 nitrogen and oxygen atoms in total.